The second kappa shape index (κ2) is 5.40. The molecule has 0 radical (unpaired) electrons. The molecule has 102 valence electrons. The van der Waals surface area contributed by atoms with E-state index in [4.69, 9.17) is 11.6 Å². The fourth-order valence-corrected chi connectivity index (χ4v) is 4.77. The second-order valence-electron chi connectivity index (χ2n) is 6.72. The third kappa shape index (κ3) is 2.84. The Hall–Kier alpha value is -0.240. The molecule has 3 aliphatic carbocycles. The average Bonchev–Trinajstić information content (AvgIpc) is 3.03. The smallest absolute Gasteiger partial charge is 0.220 e. The first-order valence-electron chi connectivity index (χ1n) is 7.61. The summed E-state index contributed by atoms with van der Waals surface area (Å²) < 4.78 is 0. The third-order valence-corrected chi connectivity index (χ3v) is 5.79. The Balaban J connectivity index is 1.37. The summed E-state index contributed by atoms with van der Waals surface area (Å²) in [7, 11) is 0. The van der Waals surface area contributed by atoms with Gasteiger partial charge in [-0.1, -0.05) is 6.42 Å². The average molecular weight is 270 g/mol. The van der Waals surface area contributed by atoms with E-state index < -0.39 is 0 Å². The van der Waals surface area contributed by atoms with Gasteiger partial charge < -0.3 is 5.32 Å². The molecule has 0 aromatic rings. The Labute approximate surface area is 115 Å². The summed E-state index contributed by atoms with van der Waals surface area (Å²) in [4.78, 5) is 12.0. The van der Waals surface area contributed by atoms with E-state index in [9.17, 15) is 4.79 Å². The molecule has 5 unspecified atom stereocenters. The van der Waals surface area contributed by atoms with E-state index in [-0.39, 0.29) is 5.91 Å². The number of rotatable bonds is 4. The zero-order valence-corrected chi connectivity index (χ0v) is 11.8. The zero-order chi connectivity index (χ0) is 12.5. The molecule has 1 amide bonds. The van der Waals surface area contributed by atoms with Crippen molar-refractivity contribution in [3.8, 4) is 0 Å². The van der Waals surface area contributed by atoms with Gasteiger partial charge in [-0.15, -0.1) is 11.6 Å². The predicted octanol–water partition coefficient (Wildman–Crippen LogP) is 3.34. The SMILES string of the molecule is O=C(CC1CC2CCC1C2)NCC1CCC(Cl)C1. The summed E-state index contributed by atoms with van der Waals surface area (Å²) in [5, 5.41) is 3.48. The number of amides is 1. The van der Waals surface area contributed by atoms with Crippen LogP contribution in [0, 0.1) is 23.7 Å². The Morgan fingerprint density at radius 1 is 1.11 bits per heavy atom. The van der Waals surface area contributed by atoms with Gasteiger partial charge in [0.05, 0.1) is 0 Å². The van der Waals surface area contributed by atoms with Crippen LogP contribution < -0.4 is 5.32 Å². The van der Waals surface area contributed by atoms with Gasteiger partial charge in [0.15, 0.2) is 0 Å². The molecule has 0 spiro atoms. The van der Waals surface area contributed by atoms with Crippen LogP contribution in [0.2, 0.25) is 0 Å². The van der Waals surface area contributed by atoms with E-state index in [0.717, 1.165) is 37.6 Å². The van der Waals surface area contributed by atoms with Crippen LogP contribution in [-0.2, 0) is 4.79 Å². The number of hydrogen-bond acceptors (Lipinski definition) is 1. The molecule has 3 heteroatoms. The van der Waals surface area contributed by atoms with Crippen LogP contribution >= 0.6 is 11.6 Å². The first-order chi connectivity index (χ1) is 8.70. The molecule has 5 atom stereocenters. The van der Waals surface area contributed by atoms with Crippen LogP contribution in [0.15, 0.2) is 0 Å². The molecular weight excluding hydrogens is 246 g/mol. The van der Waals surface area contributed by atoms with Crippen molar-refractivity contribution in [1.82, 2.24) is 5.32 Å². The van der Waals surface area contributed by atoms with E-state index in [1.807, 2.05) is 0 Å². The van der Waals surface area contributed by atoms with Gasteiger partial charge in [0.2, 0.25) is 5.91 Å². The minimum absolute atomic E-state index is 0.283. The lowest BCUT2D eigenvalue weighted by Gasteiger charge is -2.21. The summed E-state index contributed by atoms with van der Waals surface area (Å²) in [5.74, 6) is 3.40. The summed E-state index contributed by atoms with van der Waals surface area (Å²) in [6.07, 6.45) is 9.66. The van der Waals surface area contributed by atoms with E-state index in [2.05, 4.69) is 5.32 Å². The molecule has 3 aliphatic rings. The van der Waals surface area contributed by atoms with Crippen molar-refractivity contribution in [3.05, 3.63) is 0 Å². The van der Waals surface area contributed by atoms with Crippen LogP contribution in [0.3, 0.4) is 0 Å². The van der Waals surface area contributed by atoms with Gasteiger partial charge in [-0.2, -0.15) is 0 Å². The molecule has 2 bridgehead atoms. The maximum absolute atomic E-state index is 12.0. The number of carbonyl (C=O) groups is 1. The van der Waals surface area contributed by atoms with Crippen molar-refractivity contribution in [3.63, 3.8) is 0 Å². The molecule has 3 fully saturated rings. The fraction of sp³-hybridized carbons (Fsp3) is 0.933. The molecule has 2 nitrogen and oxygen atoms in total. The predicted molar refractivity (Wildman–Crippen MR) is 73.5 cm³/mol. The molecule has 0 heterocycles. The second-order valence-corrected chi connectivity index (χ2v) is 7.34. The van der Waals surface area contributed by atoms with Crippen LogP contribution in [0.25, 0.3) is 0 Å². The molecular formula is C15H24ClNO. The van der Waals surface area contributed by atoms with Gasteiger partial charge in [-0.25, -0.2) is 0 Å². The lowest BCUT2D eigenvalue weighted by Crippen LogP contribution is -2.31. The van der Waals surface area contributed by atoms with Gasteiger partial charge in [0, 0.05) is 18.3 Å². The van der Waals surface area contributed by atoms with Crippen molar-refractivity contribution in [2.45, 2.75) is 56.7 Å². The maximum Gasteiger partial charge on any atom is 0.220 e. The highest BCUT2D eigenvalue weighted by atomic mass is 35.5. The molecule has 0 saturated heterocycles. The zero-order valence-electron chi connectivity index (χ0n) is 11.0. The Morgan fingerprint density at radius 3 is 2.61 bits per heavy atom. The van der Waals surface area contributed by atoms with Gasteiger partial charge in [-0.3, -0.25) is 4.79 Å². The molecule has 0 aliphatic heterocycles. The topological polar surface area (TPSA) is 29.1 Å². The number of hydrogen-bond donors (Lipinski definition) is 1. The number of carbonyl (C=O) groups excluding carboxylic acids is 1. The van der Waals surface area contributed by atoms with E-state index >= 15 is 0 Å². The summed E-state index contributed by atoms with van der Waals surface area (Å²) >= 11 is 6.09. The molecule has 0 aromatic heterocycles. The van der Waals surface area contributed by atoms with Gasteiger partial charge in [0.1, 0.15) is 0 Å². The molecule has 3 saturated carbocycles. The van der Waals surface area contributed by atoms with Crippen molar-refractivity contribution in [2.24, 2.45) is 23.7 Å². The third-order valence-electron chi connectivity index (χ3n) is 5.40. The quantitative estimate of drug-likeness (QED) is 0.780. The lowest BCUT2D eigenvalue weighted by atomic mass is 9.86. The molecule has 3 rings (SSSR count). The summed E-state index contributed by atoms with van der Waals surface area (Å²) in [6.45, 7) is 0.850. The van der Waals surface area contributed by atoms with Crippen LogP contribution in [0.5, 0.6) is 0 Å². The van der Waals surface area contributed by atoms with Crippen molar-refractivity contribution in [1.29, 1.82) is 0 Å². The van der Waals surface area contributed by atoms with Crippen LogP contribution in [-0.4, -0.2) is 17.8 Å². The highest BCUT2D eigenvalue weighted by Gasteiger charge is 2.40. The first-order valence-corrected chi connectivity index (χ1v) is 8.05. The minimum atomic E-state index is 0.283. The van der Waals surface area contributed by atoms with E-state index in [1.54, 1.807) is 0 Å². The fourth-order valence-electron chi connectivity index (χ4n) is 4.39. The van der Waals surface area contributed by atoms with Crippen molar-refractivity contribution >= 4 is 17.5 Å². The number of fused-ring (bicyclic) bond motifs is 2. The summed E-state index contributed by atoms with van der Waals surface area (Å²) in [6, 6.07) is 0. The largest absolute Gasteiger partial charge is 0.356 e. The van der Waals surface area contributed by atoms with E-state index in [1.165, 1.54) is 32.1 Å². The molecule has 18 heavy (non-hydrogen) atoms. The lowest BCUT2D eigenvalue weighted by molar-refractivity contribution is -0.122. The van der Waals surface area contributed by atoms with Crippen LogP contribution in [0.4, 0.5) is 0 Å². The minimum Gasteiger partial charge on any atom is -0.356 e. The number of alkyl halides is 1. The normalized spacial score (nSPS) is 42.4. The van der Waals surface area contributed by atoms with Gasteiger partial charge >= 0.3 is 0 Å². The number of halogens is 1. The Kier molecular flexibility index (Phi) is 3.83. The maximum atomic E-state index is 12.0. The van der Waals surface area contributed by atoms with E-state index in [0.29, 0.717) is 17.2 Å². The Bertz CT molecular complexity index is 320. The monoisotopic (exact) mass is 269 g/mol. The standard InChI is InChI=1S/C15H24ClNO/c16-14-4-2-11(7-14)9-17-15(18)8-13-6-10-1-3-12(13)5-10/h10-14H,1-9H2,(H,17,18). The van der Waals surface area contributed by atoms with Gasteiger partial charge in [0.25, 0.3) is 0 Å². The first kappa shape index (κ1) is 12.8. The van der Waals surface area contributed by atoms with Crippen molar-refractivity contribution < 1.29 is 4.79 Å². The molecule has 1 N–H and O–H groups in total. The summed E-state index contributed by atoms with van der Waals surface area (Å²) in [5.41, 5.74) is 0. The highest BCUT2D eigenvalue weighted by molar-refractivity contribution is 6.20. The highest BCUT2D eigenvalue weighted by Crippen LogP contribution is 2.49. The van der Waals surface area contributed by atoms with Crippen molar-refractivity contribution in [2.75, 3.05) is 6.54 Å². The Morgan fingerprint density at radius 2 is 2.00 bits per heavy atom. The van der Waals surface area contributed by atoms with Crippen LogP contribution in [0.1, 0.15) is 51.4 Å². The molecule has 0 aromatic carbocycles. The number of nitrogens with one attached hydrogen (secondary N) is 1. The van der Waals surface area contributed by atoms with Gasteiger partial charge in [-0.05, 0) is 62.2 Å².